The van der Waals surface area contributed by atoms with Gasteiger partial charge in [-0.05, 0) is 115 Å². The van der Waals surface area contributed by atoms with Gasteiger partial charge in [0.2, 0.25) is 5.91 Å². The second-order valence-electron chi connectivity index (χ2n) is 22.2. The van der Waals surface area contributed by atoms with Crippen LogP contribution >= 0.6 is 7.82 Å². The van der Waals surface area contributed by atoms with Crippen LogP contribution in [0.4, 0.5) is 0 Å². The van der Waals surface area contributed by atoms with Crippen LogP contribution in [0.5, 0.6) is 0 Å². The summed E-state index contributed by atoms with van der Waals surface area (Å²) in [6.07, 6.45) is 77.6. The number of unbranched alkanes of at least 4 members (excludes halogenated alkanes) is 24. The molecular formula is C68H119N2O7P. The Morgan fingerprint density at radius 2 is 0.821 bits per heavy atom. The van der Waals surface area contributed by atoms with E-state index in [1.807, 2.05) is 33.3 Å². The lowest BCUT2D eigenvalue weighted by Crippen LogP contribution is -2.47. The van der Waals surface area contributed by atoms with E-state index in [0.717, 1.165) is 141 Å². The van der Waals surface area contributed by atoms with Crippen LogP contribution in [0.2, 0.25) is 0 Å². The highest BCUT2D eigenvalue weighted by molar-refractivity contribution is 7.45. The number of allylic oxidation sites excluding steroid dienone is 17. The summed E-state index contributed by atoms with van der Waals surface area (Å²) in [4.78, 5) is 40.0. The summed E-state index contributed by atoms with van der Waals surface area (Å²) < 4.78 is 30.3. The molecule has 1 amide bonds. The van der Waals surface area contributed by atoms with Crippen LogP contribution in [0.15, 0.2) is 109 Å². The van der Waals surface area contributed by atoms with Gasteiger partial charge in [-0.3, -0.25) is 14.2 Å². The largest absolute Gasteiger partial charge is 0.756 e. The Bertz CT molecular complexity index is 1700. The Morgan fingerprint density at radius 1 is 0.462 bits per heavy atom. The number of phosphoric acid groups is 1. The molecule has 0 rings (SSSR count). The third-order valence-corrected chi connectivity index (χ3v) is 14.4. The van der Waals surface area contributed by atoms with Crippen molar-refractivity contribution in [3.8, 4) is 0 Å². The van der Waals surface area contributed by atoms with E-state index in [1.54, 1.807) is 0 Å². The number of nitrogens with one attached hydrogen (secondary N) is 1. The number of nitrogens with zero attached hydrogens (tertiary/aromatic N) is 1. The molecule has 0 aliphatic heterocycles. The zero-order valence-corrected chi connectivity index (χ0v) is 52.0. The van der Waals surface area contributed by atoms with Gasteiger partial charge in [0.25, 0.3) is 7.82 Å². The number of amides is 1. The number of esters is 1. The maximum absolute atomic E-state index is 13.5. The minimum atomic E-state index is -4.71. The van der Waals surface area contributed by atoms with E-state index >= 15 is 0 Å². The Morgan fingerprint density at radius 3 is 1.26 bits per heavy atom. The Balaban J connectivity index is 5.31. The maximum atomic E-state index is 13.5. The summed E-state index contributed by atoms with van der Waals surface area (Å²) in [6, 6.07) is -0.911. The fourth-order valence-corrected chi connectivity index (χ4v) is 9.28. The lowest BCUT2D eigenvalue weighted by atomic mass is 10.0. The maximum Gasteiger partial charge on any atom is 0.306 e. The molecule has 0 aliphatic carbocycles. The molecule has 0 spiro atoms. The lowest BCUT2D eigenvalue weighted by Gasteiger charge is -2.30. The Labute approximate surface area is 481 Å². The van der Waals surface area contributed by atoms with Gasteiger partial charge in [0.15, 0.2) is 0 Å². The zero-order chi connectivity index (χ0) is 57.2. The summed E-state index contributed by atoms with van der Waals surface area (Å²) in [6.45, 7) is 6.67. The molecule has 0 aromatic heterocycles. The molecule has 9 nitrogen and oxygen atoms in total. The van der Waals surface area contributed by atoms with Crippen molar-refractivity contribution >= 4 is 19.7 Å². The molecule has 0 radical (unpaired) electrons. The number of likely N-dealkylation sites (N-methyl/N-ethyl adjacent to an activating group) is 1. The third-order valence-electron chi connectivity index (χ3n) is 13.4. The number of carbonyl (C=O) groups excluding carboxylic acids is 2. The average molecular weight is 1110 g/mol. The normalized spacial score (nSPS) is 14.4. The van der Waals surface area contributed by atoms with Crippen LogP contribution in [0.3, 0.4) is 0 Å². The number of rotatable bonds is 56. The summed E-state index contributed by atoms with van der Waals surface area (Å²) in [5.74, 6) is -0.582. The number of phosphoric ester groups is 1. The fraction of sp³-hybridized carbons (Fsp3) is 0.706. The van der Waals surface area contributed by atoms with E-state index in [-0.39, 0.29) is 24.9 Å². The van der Waals surface area contributed by atoms with Crippen LogP contribution in [-0.2, 0) is 27.9 Å². The van der Waals surface area contributed by atoms with Crippen molar-refractivity contribution in [2.75, 3.05) is 40.9 Å². The van der Waals surface area contributed by atoms with Crippen LogP contribution in [-0.4, -0.2) is 69.4 Å². The van der Waals surface area contributed by atoms with Gasteiger partial charge in [0, 0.05) is 12.8 Å². The molecule has 0 fully saturated rings. The standard InChI is InChI=1S/C68H119N2O7P/c1-7-10-13-16-19-22-25-28-30-32-34-35-37-39-41-43-46-49-52-55-58-61-68(72)77-66(59-56-53-50-47-44-27-24-21-18-15-12-9-3)65(64-76-78(73,74)75-63-62-70(4,5)6)69-67(71)60-57-54-51-48-45-42-40-38-36-33-31-29-26-23-20-17-14-11-8-2/h10,13,19-20,22-23,28-31,34-36,38-39,41,56,59,65-66H,7-9,11-12,14-18,21,24-27,32-33,37,40,42-55,57-58,60-64H2,1-6H3,(H-,69,71,73,74)/b13-10-,22-19-,23-20-,30-28-,31-29-,35-34-,38-36-,41-39-,59-56+. The van der Waals surface area contributed by atoms with E-state index in [1.165, 1.54) is 77.0 Å². The minimum Gasteiger partial charge on any atom is -0.756 e. The predicted molar refractivity (Wildman–Crippen MR) is 334 cm³/mol. The van der Waals surface area contributed by atoms with E-state index in [0.29, 0.717) is 23.9 Å². The molecule has 0 aromatic carbocycles. The van der Waals surface area contributed by atoms with E-state index < -0.39 is 26.6 Å². The number of hydrogen-bond acceptors (Lipinski definition) is 7. The number of quaternary nitrogens is 1. The van der Waals surface area contributed by atoms with Gasteiger partial charge in [0.1, 0.15) is 19.3 Å². The van der Waals surface area contributed by atoms with Crippen LogP contribution in [0, 0.1) is 0 Å². The van der Waals surface area contributed by atoms with Crippen LogP contribution in [0.25, 0.3) is 0 Å². The van der Waals surface area contributed by atoms with Crippen molar-refractivity contribution in [2.24, 2.45) is 0 Å². The second kappa shape index (κ2) is 56.9. The summed E-state index contributed by atoms with van der Waals surface area (Å²) >= 11 is 0. The first-order valence-corrected chi connectivity index (χ1v) is 33.2. The first kappa shape index (κ1) is 74.7. The smallest absolute Gasteiger partial charge is 0.306 e. The number of carbonyl (C=O) groups is 2. The Hall–Kier alpha value is -3.33. The van der Waals surface area contributed by atoms with E-state index in [9.17, 15) is 19.0 Å². The van der Waals surface area contributed by atoms with Gasteiger partial charge in [-0.15, -0.1) is 0 Å². The Kier molecular flexibility index (Phi) is 54.5. The molecule has 3 atom stereocenters. The van der Waals surface area contributed by atoms with E-state index in [2.05, 4.69) is 123 Å². The van der Waals surface area contributed by atoms with Crippen molar-refractivity contribution < 1.29 is 37.3 Å². The molecule has 0 saturated heterocycles. The topological polar surface area (TPSA) is 114 Å². The first-order valence-electron chi connectivity index (χ1n) is 31.7. The van der Waals surface area contributed by atoms with Crippen molar-refractivity contribution in [1.82, 2.24) is 5.32 Å². The van der Waals surface area contributed by atoms with Crippen molar-refractivity contribution in [2.45, 2.75) is 270 Å². The van der Waals surface area contributed by atoms with Crippen molar-refractivity contribution in [3.05, 3.63) is 109 Å². The molecule has 0 bridgehead atoms. The fourth-order valence-electron chi connectivity index (χ4n) is 8.55. The molecule has 78 heavy (non-hydrogen) atoms. The molecule has 0 heterocycles. The lowest BCUT2D eigenvalue weighted by molar-refractivity contribution is -0.870. The summed E-state index contributed by atoms with van der Waals surface area (Å²) in [7, 11) is 1.15. The van der Waals surface area contributed by atoms with Gasteiger partial charge in [-0.1, -0.05) is 240 Å². The van der Waals surface area contributed by atoms with Crippen molar-refractivity contribution in [1.29, 1.82) is 0 Å². The van der Waals surface area contributed by atoms with E-state index in [4.69, 9.17) is 13.8 Å². The summed E-state index contributed by atoms with van der Waals surface area (Å²) in [5, 5.41) is 3.02. The van der Waals surface area contributed by atoms with Gasteiger partial charge >= 0.3 is 5.97 Å². The average Bonchev–Trinajstić information content (AvgIpc) is 3.40. The quantitative estimate of drug-likeness (QED) is 0.0212. The second-order valence-corrected chi connectivity index (χ2v) is 23.6. The predicted octanol–water partition coefficient (Wildman–Crippen LogP) is 19.1. The highest BCUT2D eigenvalue weighted by Crippen LogP contribution is 2.38. The molecule has 448 valence electrons. The van der Waals surface area contributed by atoms with Crippen molar-refractivity contribution in [3.63, 3.8) is 0 Å². The molecule has 0 aliphatic rings. The minimum absolute atomic E-state index is 0.0340. The first-order chi connectivity index (χ1) is 37.9. The highest BCUT2D eigenvalue weighted by Gasteiger charge is 2.27. The molecule has 3 unspecified atom stereocenters. The molecule has 0 aromatic rings. The van der Waals surface area contributed by atoms with Gasteiger partial charge in [-0.2, -0.15) is 0 Å². The molecule has 0 saturated carbocycles. The van der Waals surface area contributed by atoms with Gasteiger partial charge < -0.3 is 28.5 Å². The van der Waals surface area contributed by atoms with Crippen LogP contribution < -0.4 is 10.2 Å². The van der Waals surface area contributed by atoms with Gasteiger partial charge in [0.05, 0.1) is 33.8 Å². The zero-order valence-electron chi connectivity index (χ0n) is 51.1. The number of ether oxygens (including phenoxy) is 1. The molecule has 10 heteroatoms. The summed E-state index contributed by atoms with van der Waals surface area (Å²) in [5.41, 5.74) is 0. The monoisotopic (exact) mass is 1110 g/mol. The molecule has 1 N–H and O–H groups in total. The van der Waals surface area contributed by atoms with Gasteiger partial charge in [-0.25, -0.2) is 0 Å². The van der Waals surface area contributed by atoms with Crippen LogP contribution in [0.1, 0.15) is 258 Å². The highest BCUT2D eigenvalue weighted by atomic mass is 31.2. The number of hydrogen-bond donors (Lipinski definition) is 1. The SMILES string of the molecule is CC/C=C\C/C=C\C/C=C\C/C=C\C/C=C\CCCCCCCC(=O)OC(/C=C/CCCCCCCCCCCC)C(COP(=O)([O-])OCC[N+](C)(C)C)NC(=O)CCCCCCCC/C=C\C/C=C\C/C=C\CCCCC. The molecular weight excluding hydrogens is 988 g/mol. The third kappa shape index (κ3) is 57.4.